The van der Waals surface area contributed by atoms with Crippen molar-refractivity contribution in [2.45, 2.75) is 51.2 Å². The number of hydrogen-bond donors (Lipinski definition) is 1. The van der Waals surface area contributed by atoms with Gasteiger partial charge in [0.05, 0.1) is 16.5 Å². The minimum Gasteiger partial charge on any atom is -0.449 e. The number of pyridine rings is 2. The highest BCUT2D eigenvalue weighted by atomic mass is 16.6. The number of rotatable bonds is 6. The fourth-order valence-corrected chi connectivity index (χ4v) is 5.20. The van der Waals surface area contributed by atoms with Crippen molar-refractivity contribution < 1.29 is 18.7 Å². The molecular formula is C34H31N3O5. The molecule has 3 heterocycles. The number of benzene rings is 2. The van der Waals surface area contributed by atoms with Gasteiger partial charge in [0.15, 0.2) is 0 Å². The molecule has 1 saturated carbocycles. The standard InChI is InChI=1S/C34H31N3O5/c1-33(2,3)42-32(39)37-34(18-9-19-34)24-15-13-22(14-16-24)27-28(38)25-17-21-36-31(40-26-12-7-8-20-35-26)30(25)41-29(27)23-10-5-4-6-11-23/h4-8,10-17,20-21H,9,18-19H2,1-3H3,(H,37,39). The first-order valence-electron chi connectivity index (χ1n) is 13.9. The first kappa shape index (κ1) is 27.2. The molecule has 0 spiro atoms. The van der Waals surface area contributed by atoms with Crippen molar-refractivity contribution in [1.82, 2.24) is 15.3 Å². The van der Waals surface area contributed by atoms with Gasteiger partial charge in [-0.2, -0.15) is 0 Å². The van der Waals surface area contributed by atoms with Crippen molar-refractivity contribution in [2.24, 2.45) is 0 Å². The lowest BCUT2D eigenvalue weighted by atomic mass is 9.71. The summed E-state index contributed by atoms with van der Waals surface area (Å²) in [6.45, 7) is 5.54. The molecule has 1 N–H and O–H groups in total. The fourth-order valence-electron chi connectivity index (χ4n) is 5.20. The Hall–Kier alpha value is -4.98. The van der Waals surface area contributed by atoms with Gasteiger partial charge in [-0.3, -0.25) is 4.79 Å². The van der Waals surface area contributed by atoms with Crippen LogP contribution in [-0.2, 0) is 10.3 Å². The number of nitrogens with zero attached hydrogens (tertiary/aromatic N) is 2. The Morgan fingerprint density at radius 3 is 2.26 bits per heavy atom. The zero-order valence-electron chi connectivity index (χ0n) is 23.7. The zero-order chi connectivity index (χ0) is 29.3. The van der Waals surface area contributed by atoms with Crippen molar-refractivity contribution >= 4 is 17.1 Å². The molecule has 0 unspecified atom stereocenters. The lowest BCUT2D eigenvalue weighted by molar-refractivity contribution is 0.0377. The van der Waals surface area contributed by atoms with Crippen LogP contribution in [0.15, 0.2) is 100 Å². The lowest BCUT2D eigenvalue weighted by Gasteiger charge is -2.43. The third kappa shape index (κ3) is 5.35. The number of amides is 1. The molecule has 3 aromatic heterocycles. The van der Waals surface area contributed by atoms with Gasteiger partial charge >= 0.3 is 6.09 Å². The SMILES string of the molecule is CC(C)(C)OC(=O)NC1(c2ccc(-c3c(-c4ccccc4)oc4c(Oc5ccccn5)nccc4c3=O)cc2)CCC1. The van der Waals surface area contributed by atoms with Crippen LogP contribution in [0, 0.1) is 0 Å². The summed E-state index contributed by atoms with van der Waals surface area (Å²) < 4.78 is 17.9. The van der Waals surface area contributed by atoms with Gasteiger partial charge in [0.1, 0.15) is 11.4 Å². The van der Waals surface area contributed by atoms with E-state index in [2.05, 4.69) is 15.3 Å². The highest BCUT2D eigenvalue weighted by molar-refractivity contribution is 5.91. The minimum atomic E-state index is -0.588. The van der Waals surface area contributed by atoms with Crippen LogP contribution in [0.2, 0.25) is 0 Å². The number of hydrogen-bond acceptors (Lipinski definition) is 7. The van der Waals surface area contributed by atoms with Crippen LogP contribution in [0.3, 0.4) is 0 Å². The van der Waals surface area contributed by atoms with E-state index in [1.807, 2.05) is 75.4 Å². The third-order valence-corrected chi connectivity index (χ3v) is 7.32. The molecular weight excluding hydrogens is 530 g/mol. The topological polar surface area (TPSA) is 104 Å². The van der Waals surface area contributed by atoms with Crippen molar-refractivity contribution in [2.75, 3.05) is 0 Å². The molecule has 5 aromatic rings. The van der Waals surface area contributed by atoms with Crippen LogP contribution in [-0.4, -0.2) is 21.7 Å². The molecule has 8 heteroatoms. The second kappa shape index (κ2) is 10.8. The van der Waals surface area contributed by atoms with Crippen LogP contribution in [0.1, 0.15) is 45.6 Å². The second-order valence-electron chi connectivity index (χ2n) is 11.4. The molecule has 0 saturated heterocycles. The summed E-state index contributed by atoms with van der Waals surface area (Å²) in [4.78, 5) is 35.3. The van der Waals surface area contributed by atoms with Crippen LogP contribution >= 0.6 is 0 Å². The molecule has 42 heavy (non-hydrogen) atoms. The number of nitrogens with one attached hydrogen (secondary N) is 1. The van der Waals surface area contributed by atoms with Crippen molar-refractivity contribution in [3.8, 4) is 34.2 Å². The Kier molecular flexibility index (Phi) is 6.98. The van der Waals surface area contributed by atoms with Crippen molar-refractivity contribution in [1.29, 1.82) is 0 Å². The van der Waals surface area contributed by atoms with Crippen molar-refractivity contribution in [3.63, 3.8) is 0 Å². The minimum absolute atomic E-state index is 0.155. The van der Waals surface area contributed by atoms with E-state index in [1.54, 1.807) is 30.5 Å². The summed E-state index contributed by atoms with van der Waals surface area (Å²) in [5.41, 5.74) is 1.77. The average Bonchev–Trinajstić information content (AvgIpc) is 2.96. The van der Waals surface area contributed by atoms with Gasteiger partial charge in [-0.15, -0.1) is 0 Å². The largest absolute Gasteiger partial charge is 0.449 e. The molecule has 8 nitrogen and oxygen atoms in total. The molecule has 1 aliphatic rings. The smallest absolute Gasteiger partial charge is 0.408 e. The summed E-state index contributed by atoms with van der Waals surface area (Å²) in [5, 5.41) is 3.44. The Labute approximate surface area is 243 Å². The maximum atomic E-state index is 14.1. The molecule has 1 fully saturated rings. The Morgan fingerprint density at radius 2 is 1.62 bits per heavy atom. The third-order valence-electron chi connectivity index (χ3n) is 7.32. The summed E-state index contributed by atoms with van der Waals surface area (Å²) in [5.74, 6) is 0.901. The molecule has 0 radical (unpaired) electrons. The average molecular weight is 562 g/mol. The number of alkyl carbamates (subject to hydrolysis) is 1. The van der Waals surface area contributed by atoms with Gasteiger partial charge in [0.25, 0.3) is 5.88 Å². The van der Waals surface area contributed by atoms with Gasteiger partial charge in [0.2, 0.25) is 16.9 Å². The van der Waals surface area contributed by atoms with E-state index in [4.69, 9.17) is 13.9 Å². The van der Waals surface area contributed by atoms with Crippen molar-refractivity contribution in [3.05, 3.63) is 107 Å². The van der Waals surface area contributed by atoms with E-state index in [0.717, 1.165) is 30.4 Å². The predicted molar refractivity (Wildman–Crippen MR) is 160 cm³/mol. The van der Waals surface area contributed by atoms with Crippen LogP contribution < -0.4 is 15.5 Å². The number of fused-ring (bicyclic) bond motifs is 1. The number of carbonyl (C=O) groups is 1. The van der Waals surface area contributed by atoms with Gasteiger partial charge < -0.3 is 19.2 Å². The molecule has 1 aliphatic carbocycles. The second-order valence-corrected chi connectivity index (χ2v) is 11.4. The predicted octanol–water partition coefficient (Wildman–Crippen LogP) is 7.61. The van der Waals surface area contributed by atoms with Gasteiger partial charge in [-0.05, 0) is 63.3 Å². The van der Waals surface area contributed by atoms with E-state index in [9.17, 15) is 9.59 Å². The summed E-state index contributed by atoms with van der Waals surface area (Å²) in [6.07, 6.45) is 5.32. The highest BCUT2D eigenvalue weighted by Crippen LogP contribution is 2.43. The first-order chi connectivity index (χ1) is 20.2. The number of carbonyl (C=O) groups excluding carboxylic acids is 1. The molecule has 6 rings (SSSR count). The van der Waals surface area contributed by atoms with Crippen LogP contribution in [0.25, 0.3) is 33.4 Å². The van der Waals surface area contributed by atoms with Crippen LogP contribution in [0.5, 0.6) is 11.8 Å². The normalized spacial score (nSPS) is 14.2. The molecule has 0 atom stereocenters. The Morgan fingerprint density at radius 1 is 0.881 bits per heavy atom. The number of aromatic nitrogens is 2. The Balaban J connectivity index is 1.43. The zero-order valence-corrected chi connectivity index (χ0v) is 23.7. The van der Waals surface area contributed by atoms with Gasteiger partial charge in [-0.1, -0.05) is 60.7 Å². The maximum absolute atomic E-state index is 14.1. The molecule has 0 bridgehead atoms. The summed E-state index contributed by atoms with van der Waals surface area (Å²) in [7, 11) is 0. The lowest BCUT2D eigenvalue weighted by Crippen LogP contribution is -2.52. The molecule has 2 aromatic carbocycles. The molecule has 0 aliphatic heterocycles. The van der Waals surface area contributed by atoms with Gasteiger partial charge in [-0.25, -0.2) is 14.8 Å². The van der Waals surface area contributed by atoms with E-state index < -0.39 is 17.2 Å². The van der Waals surface area contributed by atoms with E-state index in [-0.39, 0.29) is 16.9 Å². The monoisotopic (exact) mass is 561 g/mol. The highest BCUT2D eigenvalue weighted by Gasteiger charge is 2.41. The first-order valence-corrected chi connectivity index (χ1v) is 13.9. The molecule has 1 amide bonds. The van der Waals surface area contributed by atoms with E-state index in [0.29, 0.717) is 28.2 Å². The van der Waals surface area contributed by atoms with E-state index in [1.165, 1.54) is 6.20 Å². The molecule has 212 valence electrons. The number of ether oxygens (including phenoxy) is 2. The maximum Gasteiger partial charge on any atom is 0.408 e. The Bertz CT molecular complexity index is 1790. The van der Waals surface area contributed by atoms with Crippen LogP contribution in [0.4, 0.5) is 4.79 Å². The quantitative estimate of drug-likeness (QED) is 0.227. The summed E-state index contributed by atoms with van der Waals surface area (Å²) >= 11 is 0. The fraction of sp³-hybridized carbons (Fsp3) is 0.235. The van der Waals surface area contributed by atoms with E-state index >= 15 is 0 Å². The summed E-state index contributed by atoms with van der Waals surface area (Å²) in [6, 6.07) is 24.2. The van der Waals surface area contributed by atoms with Gasteiger partial charge in [0, 0.05) is 24.0 Å².